The average molecular weight is 429 g/mol. The Balaban J connectivity index is 1.82. The lowest BCUT2D eigenvalue weighted by Gasteiger charge is -2.18. The van der Waals surface area contributed by atoms with E-state index in [9.17, 15) is 14.7 Å². The van der Waals surface area contributed by atoms with E-state index in [2.05, 4.69) is 19.1 Å². The molecule has 4 nitrogen and oxygen atoms in total. The molecule has 3 unspecified atom stereocenters. The zero-order valence-electron chi connectivity index (χ0n) is 19.4. The van der Waals surface area contributed by atoms with Crippen molar-refractivity contribution in [1.29, 1.82) is 0 Å². The first-order valence-electron chi connectivity index (χ1n) is 12.2. The number of hydrogen-bond donors (Lipinski definition) is 1. The van der Waals surface area contributed by atoms with Gasteiger partial charge in [-0.05, 0) is 55.6 Å². The number of aliphatic hydroxyl groups is 1. The van der Waals surface area contributed by atoms with Crippen LogP contribution in [-0.2, 0) is 14.3 Å². The van der Waals surface area contributed by atoms with Crippen molar-refractivity contribution in [1.82, 2.24) is 0 Å². The minimum atomic E-state index is -0.419. The Morgan fingerprint density at radius 3 is 2.61 bits per heavy atom. The van der Waals surface area contributed by atoms with Gasteiger partial charge in [-0.2, -0.15) is 0 Å². The lowest BCUT2D eigenvalue weighted by atomic mass is 9.85. The summed E-state index contributed by atoms with van der Waals surface area (Å²) in [6, 6.07) is 8.04. The van der Waals surface area contributed by atoms with E-state index in [-0.39, 0.29) is 11.9 Å². The molecule has 0 heterocycles. The molecule has 31 heavy (non-hydrogen) atoms. The molecule has 0 amide bonds. The van der Waals surface area contributed by atoms with Gasteiger partial charge in [0.1, 0.15) is 5.78 Å². The molecule has 0 bridgehead atoms. The maximum absolute atomic E-state index is 12.5. The highest BCUT2D eigenvalue weighted by Gasteiger charge is 2.34. The third-order valence-corrected chi connectivity index (χ3v) is 6.17. The quantitative estimate of drug-likeness (QED) is 0.211. The molecule has 0 saturated heterocycles. The average Bonchev–Trinajstić information content (AvgIpc) is 3.15. The van der Waals surface area contributed by atoms with Gasteiger partial charge in [0.2, 0.25) is 0 Å². The second kappa shape index (κ2) is 14.2. The predicted octanol–water partition coefficient (Wildman–Crippen LogP) is 6.43. The van der Waals surface area contributed by atoms with E-state index < -0.39 is 6.10 Å². The van der Waals surface area contributed by atoms with E-state index in [1.807, 2.05) is 31.2 Å². The van der Waals surface area contributed by atoms with Gasteiger partial charge in [-0.1, -0.05) is 69.5 Å². The van der Waals surface area contributed by atoms with Crippen molar-refractivity contribution in [2.24, 2.45) is 5.92 Å². The van der Waals surface area contributed by atoms with Crippen LogP contribution in [0.15, 0.2) is 36.4 Å². The topological polar surface area (TPSA) is 63.6 Å². The number of ketones is 1. The predicted molar refractivity (Wildman–Crippen MR) is 125 cm³/mol. The lowest BCUT2D eigenvalue weighted by Crippen LogP contribution is -2.12. The van der Waals surface area contributed by atoms with Gasteiger partial charge in [-0.3, -0.25) is 9.59 Å². The number of rotatable bonds is 14. The molecule has 4 heteroatoms. The van der Waals surface area contributed by atoms with Crippen molar-refractivity contribution in [3.63, 3.8) is 0 Å². The zero-order valence-corrected chi connectivity index (χ0v) is 19.4. The molecule has 1 fully saturated rings. The molecule has 1 aliphatic carbocycles. The van der Waals surface area contributed by atoms with Gasteiger partial charge in [0.25, 0.3) is 0 Å². The van der Waals surface area contributed by atoms with Crippen LogP contribution in [0.4, 0.5) is 0 Å². The fraction of sp³-hybridized carbons (Fsp3) is 0.630. The van der Waals surface area contributed by atoms with E-state index in [1.54, 1.807) is 0 Å². The molecule has 3 atom stereocenters. The highest BCUT2D eigenvalue weighted by Crippen LogP contribution is 2.39. The van der Waals surface area contributed by atoms with E-state index in [0.717, 1.165) is 68.9 Å². The maximum atomic E-state index is 12.5. The van der Waals surface area contributed by atoms with Gasteiger partial charge >= 0.3 is 5.97 Å². The highest BCUT2D eigenvalue weighted by molar-refractivity contribution is 5.88. The Kier molecular flexibility index (Phi) is 11.6. The number of carbonyl (C=O) groups is 2. The lowest BCUT2D eigenvalue weighted by molar-refractivity contribution is -0.143. The van der Waals surface area contributed by atoms with Gasteiger partial charge in [0.05, 0.1) is 12.7 Å². The molecule has 0 radical (unpaired) electrons. The summed E-state index contributed by atoms with van der Waals surface area (Å²) in [6.45, 7) is 4.66. The molecule has 1 aromatic rings. The van der Waals surface area contributed by atoms with Crippen LogP contribution in [0.5, 0.6) is 0 Å². The van der Waals surface area contributed by atoms with Gasteiger partial charge in [-0.25, -0.2) is 0 Å². The second-order valence-corrected chi connectivity index (χ2v) is 8.74. The third kappa shape index (κ3) is 8.60. The molecule has 0 aliphatic heterocycles. The fourth-order valence-electron chi connectivity index (χ4n) is 4.35. The number of ether oxygens (including phenoxy) is 1. The number of aliphatic hydroxyl groups excluding tert-OH is 1. The number of esters is 1. The Morgan fingerprint density at radius 1 is 1.13 bits per heavy atom. The molecule has 2 rings (SSSR count). The van der Waals surface area contributed by atoms with Crippen LogP contribution in [0.25, 0.3) is 0 Å². The molecule has 1 aliphatic rings. The molecule has 1 saturated carbocycles. The monoisotopic (exact) mass is 428 g/mol. The minimum Gasteiger partial charge on any atom is -0.466 e. The first-order valence-corrected chi connectivity index (χ1v) is 12.2. The van der Waals surface area contributed by atoms with Crippen molar-refractivity contribution < 1.29 is 19.4 Å². The minimum absolute atomic E-state index is 0.0417. The summed E-state index contributed by atoms with van der Waals surface area (Å²) in [7, 11) is 0. The van der Waals surface area contributed by atoms with Crippen molar-refractivity contribution in [3.05, 3.63) is 47.5 Å². The first kappa shape index (κ1) is 25.3. The Bertz CT molecular complexity index is 692. The summed E-state index contributed by atoms with van der Waals surface area (Å²) >= 11 is 0. The molecule has 1 N–H and O–H groups in total. The second-order valence-electron chi connectivity index (χ2n) is 8.74. The number of allylic oxidation sites excluding steroid dienone is 2. The standard InChI is InChI=1S/C27H40O4/c1-3-5-8-12-24(28)21-14-16-23(17-15-21)27-22(18-19-25(27)29)11-9-6-7-10-13-26(30)31-20-4-2/h6,9,14-17,22,24,27-28H,3-5,7-8,10-13,18-20H2,1-2H3/b9-6-. The molecule has 172 valence electrons. The summed E-state index contributed by atoms with van der Waals surface area (Å²) in [6.07, 6.45) is 13.4. The molecule has 0 spiro atoms. The van der Waals surface area contributed by atoms with E-state index in [0.29, 0.717) is 31.1 Å². The molecular weight excluding hydrogens is 388 g/mol. The van der Waals surface area contributed by atoms with Crippen molar-refractivity contribution in [2.75, 3.05) is 6.61 Å². The first-order chi connectivity index (χ1) is 15.1. The Labute approximate surface area is 188 Å². The number of unbranched alkanes of at least 4 members (excludes halogenated alkanes) is 3. The zero-order chi connectivity index (χ0) is 22.5. The number of benzene rings is 1. The van der Waals surface area contributed by atoms with Crippen LogP contribution in [0.3, 0.4) is 0 Å². The molecular formula is C27H40O4. The third-order valence-electron chi connectivity index (χ3n) is 6.17. The van der Waals surface area contributed by atoms with Crippen LogP contribution in [-0.4, -0.2) is 23.5 Å². The highest BCUT2D eigenvalue weighted by atomic mass is 16.5. The Morgan fingerprint density at radius 2 is 1.90 bits per heavy atom. The van der Waals surface area contributed by atoms with Gasteiger partial charge < -0.3 is 9.84 Å². The SMILES string of the molecule is CCCCCC(O)c1ccc(C2C(=O)CCC2C/C=C\CCCC(=O)OCCC)cc1. The van der Waals surface area contributed by atoms with Crippen molar-refractivity contribution in [3.8, 4) is 0 Å². The summed E-state index contributed by atoms with van der Waals surface area (Å²) in [5.41, 5.74) is 2.02. The van der Waals surface area contributed by atoms with Gasteiger partial charge in [-0.15, -0.1) is 0 Å². The normalized spacial score (nSPS) is 19.8. The fourth-order valence-corrected chi connectivity index (χ4v) is 4.35. The Hall–Kier alpha value is -1.94. The maximum Gasteiger partial charge on any atom is 0.305 e. The van der Waals surface area contributed by atoms with Crippen LogP contribution >= 0.6 is 0 Å². The van der Waals surface area contributed by atoms with Crippen molar-refractivity contribution >= 4 is 11.8 Å². The van der Waals surface area contributed by atoms with Crippen LogP contribution in [0.1, 0.15) is 108 Å². The molecule has 1 aromatic carbocycles. The van der Waals surface area contributed by atoms with E-state index >= 15 is 0 Å². The number of hydrogen-bond acceptors (Lipinski definition) is 4. The van der Waals surface area contributed by atoms with Crippen LogP contribution in [0.2, 0.25) is 0 Å². The van der Waals surface area contributed by atoms with Crippen LogP contribution < -0.4 is 0 Å². The smallest absolute Gasteiger partial charge is 0.305 e. The van der Waals surface area contributed by atoms with Crippen molar-refractivity contribution in [2.45, 2.75) is 96.5 Å². The summed E-state index contributed by atoms with van der Waals surface area (Å²) in [5, 5.41) is 10.4. The summed E-state index contributed by atoms with van der Waals surface area (Å²) in [4.78, 5) is 24.1. The van der Waals surface area contributed by atoms with Gasteiger partial charge in [0.15, 0.2) is 0 Å². The largest absolute Gasteiger partial charge is 0.466 e. The van der Waals surface area contributed by atoms with Gasteiger partial charge in [0, 0.05) is 18.8 Å². The summed E-state index contributed by atoms with van der Waals surface area (Å²) < 4.78 is 5.09. The van der Waals surface area contributed by atoms with E-state index in [1.165, 1.54) is 0 Å². The number of Topliss-reactive ketones (excluding diaryl/α,β-unsaturated/α-hetero) is 1. The van der Waals surface area contributed by atoms with E-state index in [4.69, 9.17) is 4.74 Å². The van der Waals surface area contributed by atoms with Crippen LogP contribution in [0, 0.1) is 5.92 Å². The number of carbonyl (C=O) groups excluding carboxylic acids is 2. The molecule has 0 aromatic heterocycles. The summed E-state index contributed by atoms with van der Waals surface area (Å²) in [5.74, 6) is 0.502.